The summed E-state index contributed by atoms with van der Waals surface area (Å²) >= 11 is 0. The normalized spacial score (nSPS) is 19.8. The van der Waals surface area contributed by atoms with Crippen LogP contribution in [0.5, 0.6) is 0 Å². The van der Waals surface area contributed by atoms with E-state index in [-0.39, 0.29) is 23.6 Å². The summed E-state index contributed by atoms with van der Waals surface area (Å²) in [6.07, 6.45) is 0. The van der Waals surface area contributed by atoms with Crippen LogP contribution in [0, 0.1) is 10.1 Å². The first-order valence-corrected chi connectivity index (χ1v) is 7.17. The molecule has 5 heteroatoms. The van der Waals surface area contributed by atoms with E-state index < -0.39 is 4.92 Å². The molecule has 0 aliphatic carbocycles. The lowest BCUT2D eigenvalue weighted by Gasteiger charge is -2.24. The number of non-ortho nitro benzene ring substituents is 1. The number of para-hydroxylation sites is 1. The van der Waals surface area contributed by atoms with Gasteiger partial charge in [-0.15, -0.1) is 0 Å². The largest absolute Gasteiger partial charge is 0.305 e. The van der Waals surface area contributed by atoms with E-state index in [0.717, 1.165) is 11.3 Å². The smallest absolute Gasteiger partial charge is 0.269 e. The number of benzene rings is 2. The second-order valence-electron chi connectivity index (χ2n) is 5.57. The standard InChI is InChI=1S/C17H16N2O3/c1-11-12(2)18(16-6-4-3-5-15(11)16)17(20)13-7-9-14(10-8-13)19(21)22/h3-12H,1-2H3. The van der Waals surface area contributed by atoms with Crippen LogP contribution in [-0.4, -0.2) is 16.9 Å². The van der Waals surface area contributed by atoms with Gasteiger partial charge in [0.15, 0.2) is 0 Å². The maximum atomic E-state index is 12.8. The molecule has 22 heavy (non-hydrogen) atoms. The van der Waals surface area contributed by atoms with Crippen LogP contribution in [-0.2, 0) is 0 Å². The molecule has 3 rings (SSSR count). The minimum Gasteiger partial charge on any atom is -0.305 e. The van der Waals surface area contributed by atoms with Gasteiger partial charge in [0.25, 0.3) is 11.6 Å². The third kappa shape index (κ3) is 2.15. The summed E-state index contributed by atoms with van der Waals surface area (Å²) < 4.78 is 0. The Morgan fingerprint density at radius 2 is 1.73 bits per heavy atom. The molecule has 0 aromatic heterocycles. The highest BCUT2D eigenvalue weighted by Gasteiger charge is 2.36. The molecule has 0 radical (unpaired) electrons. The molecular formula is C17H16N2O3. The van der Waals surface area contributed by atoms with Crippen molar-refractivity contribution in [1.29, 1.82) is 0 Å². The summed E-state index contributed by atoms with van der Waals surface area (Å²) in [6.45, 7) is 4.13. The molecule has 2 atom stereocenters. The fraction of sp³-hybridized carbons (Fsp3) is 0.235. The van der Waals surface area contributed by atoms with Crippen molar-refractivity contribution in [1.82, 2.24) is 0 Å². The molecule has 1 heterocycles. The minimum absolute atomic E-state index is 0.0141. The van der Waals surface area contributed by atoms with E-state index in [4.69, 9.17) is 0 Å². The van der Waals surface area contributed by atoms with E-state index in [0.29, 0.717) is 5.56 Å². The van der Waals surface area contributed by atoms with Gasteiger partial charge in [-0.3, -0.25) is 14.9 Å². The minimum atomic E-state index is -0.468. The fourth-order valence-corrected chi connectivity index (χ4v) is 2.95. The van der Waals surface area contributed by atoms with E-state index in [1.807, 2.05) is 31.2 Å². The van der Waals surface area contributed by atoms with Crippen molar-refractivity contribution >= 4 is 17.3 Å². The summed E-state index contributed by atoms with van der Waals surface area (Å²) in [7, 11) is 0. The maximum absolute atomic E-state index is 12.8. The van der Waals surface area contributed by atoms with Crippen LogP contribution < -0.4 is 4.90 Å². The Balaban J connectivity index is 1.97. The van der Waals surface area contributed by atoms with Gasteiger partial charge >= 0.3 is 0 Å². The number of hydrogen-bond donors (Lipinski definition) is 0. The molecule has 0 N–H and O–H groups in total. The van der Waals surface area contributed by atoms with Crippen molar-refractivity contribution in [3.05, 3.63) is 69.8 Å². The van der Waals surface area contributed by atoms with Crippen molar-refractivity contribution in [3.8, 4) is 0 Å². The van der Waals surface area contributed by atoms with Crippen LogP contribution in [0.3, 0.4) is 0 Å². The molecule has 5 nitrogen and oxygen atoms in total. The van der Waals surface area contributed by atoms with Crippen LogP contribution in [0.2, 0.25) is 0 Å². The molecular weight excluding hydrogens is 280 g/mol. The molecule has 0 saturated carbocycles. The second-order valence-corrected chi connectivity index (χ2v) is 5.57. The summed E-state index contributed by atoms with van der Waals surface area (Å²) in [5.74, 6) is 0.136. The number of amides is 1. The molecule has 0 bridgehead atoms. The van der Waals surface area contributed by atoms with Crippen molar-refractivity contribution in [3.63, 3.8) is 0 Å². The number of anilines is 1. The van der Waals surface area contributed by atoms with Gasteiger partial charge in [0.1, 0.15) is 0 Å². The first-order valence-electron chi connectivity index (χ1n) is 7.17. The highest BCUT2D eigenvalue weighted by atomic mass is 16.6. The zero-order chi connectivity index (χ0) is 15.9. The number of fused-ring (bicyclic) bond motifs is 1. The third-order valence-electron chi connectivity index (χ3n) is 4.36. The monoisotopic (exact) mass is 296 g/mol. The Kier molecular flexibility index (Phi) is 3.41. The van der Waals surface area contributed by atoms with Gasteiger partial charge < -0.3 is 4.90 Å². The Hall–Kier alpha value is -2.69. The predicted octanol–water partition coefficient (Wildman–Crippen LogP) is 3.75. The fourth-order valence-electron chi connectivity index (χ4n) is 2.95. The molecule has 0 spiro atoms. The zero-order valence-corrected chi connectivity index (χ0v) is 12.4. The van der Waals surface area contributed by atoms with Crippen molar-refractivity contribution in [2.75, 3.05) is 4.90 Å². The van der Waals surface area contributed by atoms with Gasteiger partial charge in [-0.2, -0.15) is 0 Å². The molecule has 2 unspecified atom stereocenters. The van der Waals surface area contributed by atoms with Crippen LogP contribution in [0.1, 0.15) is 35.7 Å². The lowest BCUT2D eigenvalue weighted by molar-refractivity contribution is -0.384. The quantitative estimate of drug-likeness (QED) is 0.626. The molecule has 0 fully saturated rings. The van der Waals surface area contributed by atoms with E-state index in [1.165, 1.54) is 24.3 Å². The number of nitro groups is 1. The van der Waals surface area contributed by atoms with Gasteiger partial charge in [0.05, 0.1) is 4.92 Å². The molecule has 1 amide bonds. The van der Waals surface area contributed by atoms with Gasteiger partial charge in [-0.1, -0.05) is 25.1 Å². The lowest BCUT2D eigenvalue weighted by atomic mass is 9.98. The highest BCUT2D eigenvalue weighted by Crippen LogP contribution is 2.41. The Morgan fingerprint density at radius 3 is 2.36 bits per heavy atom. The lowest BCUT2D eigenvalue weighted by Crippen LogP contribution is -2.36. The van der Waals surface area contributed by atoms with Crippen molar-refractivity contribution < 1.29 is 9.72 Å². The Labute approximate surface area is 128 Å². The van der Waals surface area contributed by atoms with Crippen LogP contribution in [0.15, 0.2) is 48.5 Å². The number of nitro benzene ring substituents is 1. The Bertz CT molecular complexity index is 740. The van der Waals surface area contributed by atoms with E-state index in [9.17, 15) is 14.9 Å². The maximum Gasteiger partial charge on any atom is 0.269 e. The molecule has 1 aliphatic heterocycles. The number of rotatable bonds is 2. The Morgan fingerprint density at radius 1 is 1.09 bits per heavy atom. The van der Waals surface area contributed by atoms with E-state index >= 15 is 0 Å². The highest BCUT2D eigenvalue weighted by molar-refractivity contribution is 6.08. The SMILES string of the molecule is CC1c2ccccc2N(C(=O)c2ccc([N+](=O)[O-])cc2)C1C. The van der Waals surface area contributed by atoms with Crippen molar-refractivity contribution in [2.24, 2.45) is 0 Å². The number of hydrogen-bond acceptors (Lipinski definition) is 3. The molecule has 112 valence electrons. The molecule has 0 saturated heterocycles. The van der Waals surface area contributed by atoms with Gasteiger partial charge in [0.2, 0.25) is 0 Å². The second kappa shape index (κ2) is 5.26. The summed E-state index contributed by atoms with van der Waals surface area (Å²) in [4.78, 5) is 24.8. The van der Waals surface area contributed by atoms with Crippen LogP contribution in [0.4, 0.5) is 11.4 Å². The molecule has 2 aromatic carbocycles. The van der Waals surface area contributed by atoms with Crippen LogP contribution in [0.25, 0.3) is 0 Å². The van der Waals surface area contributed by atoms with Crippen molar-refractivity contribution in [2.45, 2.75) is 25.8 Å². The summed E-state index contributed by atoms with van der Waals surface area (Å²) in [5.41, 5.74) is 2.53. The summed E-state index contributed by atoms with van der Waals surface area (Å²) in [6, 6.07) is 13.7. The molecule has 1 aliphatic rings. The van der Waals surface area contributed by atoms with Gasteiger partial charge in [-0.05, 0) is 30.7 Å². The number of carbonyl (C=O) groups is 1. The first kappa shape index (κ1) is 14.3. The third-order valence-corrected chi connectivity index (χ3v) is 4.36. The number of nitrogens with zero attached hydrogens (tertiary/aromatic N) is 2. The van der Waals surface area contributed by atoms with E-state index in [1.54, 1.807) is 4.90 Å². The molecule has 2 aromatic rings. The summed E-state index contributed by atoms with van der Waals surface area (Å²) in [5, 5.41) is 10.7. The van der Waals surface area contributed by atoms with Gasteiger partial charge in [-0.25, -0.2) is 0 Å². The van der Waals surface area contributed by atoms with Gasteiger partial charge in [0, 0.05) is 35.3 Å². The van der Waals surface area contributed by atoms with Crippen LogP contribution >= 0.6 is 0 Å². The van der Waals surface area contributed by atoms with E-state index in [2.05, 4.69) is 6.92 Å². The number of carbonyl (C=O) groups excluding carboxylic acids is 1. The zero-order valence-electron chi connectivity index (χ0n) is 12.4. The average Bonchev–Trinajstić information content (AvgIpc) is 2.79. The topological polar surface area (TPSA) is 63.5 Å². The average molecular weight is 296 g/mol. The first-order chi connectivity index (χ1) is 10.5. The predicted molar refractivity (Wildman–Crippen MR) is 84.2 cm³/mol.